The molecule has 0 aliphatic carbocycles. The molecule has 6 nitrogen and oxygen atoms in total. The van der Waals surface area contributed by atoms with Crippen LogP contribution >= 0.6 is 0 Å². The minimum Gasteiger partial charge on any atom is -0.496 e. The number of nitrogens with zero attached hydrogens (tertiary/aromatic N) is 1. The highest BCUT2D eigenvalue weighted by atomic mass is 32.2. The Morgan fingerprint density at radius 3 is 2.14 bits per heavy atom. The fourth-order valence-electron chi connectivity index (χ4n) is 3.24. The molecule has 0 radical (unpaired) electrons. The molecule has 0 unspecified atom stereocenters. The molecule has 152 valence electrons. The summed E-state index contributed by atoms with van der Waals surface area (Å²) in [7, 11) is -1.95. The maximum absolute atomic E-state index is 12.7. The average molecular weight is 413 g/mol. The van der Waals surface area contributed by atoms with Crippen molar-refractivity contribution in [2.45, 2.75) is 18.7 Å². The zero-order valence-corrected chi connectivity index (χ0v) is 17.5. The summed E-state index contributed by atoms with van der Waals surface area (Å²) in [6, 6.07) is 17.2. The maximum Gasteiger partial charge on any atom is 0.255 e. The van der Waals surface area contributed by atoms with Gasteiger partial charge in [0.15, 0.2) is 0 Å². The fourth-order valence-corrected chi connectivity index (χ4v) is 4.70. The summed E-state index contributed by atoms with van der Waals surface area (Å²) in [6.45, 7) is 4.38. The van der Waals surface area contributed by atoms with Gasteiger partial charge in [0.05, 0.1) is 12.0 Å². The van der Waals surface area contributed by atoms with E-state index in [0.717, 1.165) is 16.5 Å². The molecule has 0 atom stereocenters. The molecule has 0 heterocycles. The standard InChI is InChI=1S/C22H24N2O4S/c1-4-24(5-2)29(26,27)17-12-10-16(11-13-17)22(25)23-20-14-15-21(28-3)19-9-7-6-8-18(19)20/h6-15H,4-5H2,1-3H3,(H,23,25). The van der Waals surface area contributed by atoms with Gasteiger partial charge in [-0.25, -0.2) is 8.42 Å². The first-order chi connectivity index (χ1) is 13.9. The quantitative estimate of drug-likeness (QED) is 0.633. The Balaban J connectivity index is 1.87. The zero-order valence-electron chi connectivity index (χ0n) is 16.7. The number of rotatable bonds is 7. The Morgan fingerprint density at radius 1 is 0.931 bits per heavy atom. The molecule has 3 rings (SSSR count). The van der Waals surface area contributed by atoms with Crippen molar-refractivity contribution in [3.05, 3.63) is 66.2 Å². The fraction of sp³-hybridized carbons (Fsp3) is 0.227. The number of amides is 1. The van der Waals surface area contributed by atoms with E-state index in [9.17, 15) is 13.2 Å². The highest BCUT2D eigenvalue weighted by Gasteiger charge is 2.21. The van der Waals surface area contributed by atoms with E-state index in [2.05, 4.69) is 5.32 Å². The van der Waals surface area contributed by atoms with Gasteiger partial charge in [0.1, 0.15) is 5.75 Å². The van der Waals surface area contributed by atoms with Gasteiger partial charge in [-0.2, -0.15) is 4.31 Å². The highest BCUT2D eigenvalue weighted by Crippen LogP contribution is 2.31. The second-order valence-electron chi connectivity index (χ2n) is 6.43. The average Bonchev–Trinajstić information content (AvgIpc) is 2.74. The molecule has 0 saturated carbocycles. The molecular weight excluding hydrogens is 388 g/mol. The van der Waals surface area contributed by atoms with Crippen LogP contribution in [0.5, 0.6) is 5.75 Å². The van der Waals surface area contributed by atoms with Crippen LogP contribution in [-0.2, 0) is 10.0 Å². The largest absolute Gasteiger partial charge is 0.496 e. The minimum atomic E-state index is -3.55. The van der Waals surface area contributed by atoms with Crippen molar-refractivity contribution >= 4 is 32.4 Å². The number of carbonyl (C=O) groups excluding carboxylic acids is 1. The summed E-state index contributed by atoms with van der Waals surface area (Å²) in [5, 5.41) is 4.66. The summed E-state index contributed by atoms with van der Waals surface area (Å²) >= 11 is 0. The Labute approximate surface area is 171 Å². The summed E-state index contributed by atoms with van der Waals surface area (Å²) < 4.78 is 31.9. The number of benzene rings is 3. The van der Waals surface area contributed by atoms with Crippen molar-refractivity contribution in [1.29, 1.82) is 0 Å². The lowest BCUT2D eigenvalue weighted by atomic mass is 10.1. The van der Waals surface area contributed by atoms with Crippen LogP contribution in [0.1, 0.15) is 24.2 Å². The lowest BCUT2D eigenvalue weighted by Crippen LogP contribution is -2.30. The number of nitrogens with one attached hydrogen (secondary N) is 1. The molecular formula is C22H24N2O4S. The van der Waals surface area contributed by atoms with Crippen LogP contribution < -0.4 is 10.1 Å². The minimum absolute atomic E-state index is 0.174. The normalized spacial score (nSPS) is 11.6. The van der Waals surface area contributed by atoms with Gasteiger partial charge in [-0.05, 0) is 36.4 Å². The van der Waals surface area contributed by atoms with E-state index in [1.54, 1.807) is 33.1 Å². The third kappa shape index (κ3) is 4.11. The molecule has 1 amide bonds. The molecule has 0 aliphatic heterocycles. The van der Waals surface area contributed by atoms with Crippen LogP contribution in [0, 0.1) is 0 Å². The van der Waals surface area contributed by atoms with Gasteiger partial charge in [-0.3, -0.25) is 4.79 Å². The second kappa shape index (κ2) is 8.63. The number of anilines is 1. The molecule has 3 aromatic carbocycles. The Hall–Kier alpha value is -2.90. The molecule has 1 N–H and O–H groups in total. The molecule has 0 aliphatic rings. The van der Waals surface area contributed by atoms with E-state index >= 15 is 0 Å². The molecule has 0 aromatic heterocycles. The van der Waals surface area contributed by atoms with Crippen LogP contribution in [0.15, 0.2) is 65.6 Å². The van der Waals surface area contributed by atoms with Crippen LogP contribution in [-0.4, -0.2) is 38.8 Å². The van der Waals surface area contributed by atoms with Gasteiger partial charge >= 0.3 is 0 Å². The van der Waals surface area contributed by atoms with E-state index in [1.807, 2.05) is 24.3 Å². The van der Waals surface area contributed by atoms with Gasteiger partial charge < -0.3 is 10.1 Å². The molecule has 29 heavy (non-hydrogen) atoms. The third-order valence-electron chi connectivity index (χ3n) is 4.81. The van der Waals surface area contributed by atoms with Crippen molar-refractivity contribution in [2.24, 2.45) is 0 Å². The van der Waals surface area contributed by atoms with Gasteiger partial charge in [0.25, 0.3) is 5.91 Å². The Morgan fingerprint density at radius 2 is 1.55 bits per heavy atom. The predicted molar refractivity (Wildman–Crippen MR) is 115 cm³/mol. The van der Waals surface area contributed by atoms with Crippen molar-refractivity contribution in [3.8, 4) is 5.75 Å². The van der Waals surface area contributed by atoms with E-state index in [1.165, 1.54) is 28.6 Å². The van der Waals surface area contributed by atoms with E-state index in [-0.39, 0.29) is 10.8 Å². The number of methoxy groups -OCH3 is 1. The SMILES string of the molecule is CCN(CC)S(=O)(=O)c1ccc(C(=O)Nc2ccc(OC)c3ccccc23)cc1. The van der Waals surface area contributed by atoms with Crippen LogP contribution in [0.25, 0.3) is 10.8 Å². The Bertz CT molecular complexity index is 1120. The first-order valence-electron chi connectivity index (χ1n) is 9.39. The lowest BCUT2D eigenvalue weighted by Gasteiger charge is -2.18. The Kier molecular flexibility index (Phi) is 6.20. The van der Waals surface area contributed by atoms with Gasteiger partial charge in [-0.1, -0.05) is 38.1 Å². The molecule has 0 bridgehead atoms. The summed E-state index contributed by atoms with van der Waals surface area (Å²) in [5.74, 6) is 0.414. The van der Waals surface area contributed by atoms with Gasteiger partial charge in [0, 0.05) is 35.1 Å². The molecule has 7 heteroatoms. The number of hydrogen-bond acceptors (Lipinski definition) is 4. The highest BCUT2D eigenvalue weighted by molar-refractivity contribution is 7.89. The smallest absolute Gasteiger partial charge is 0.255 e. The number of hydrogen-bond donors (Lipinski definition) is 1. The van der Waals surface area contributed by atoms with Crippen molar-refractivity contribution in [2.75, 3.05) is 25.5 Å². The van der Waals surface area contributed by atoms with E-state index in [4.69, 9.17) is 4.74 Å². The number of sulfonamides is 1. The van der Waals surface area contributed by atoms with Crippen LogP contribution in [0.4, 0.5) is 5.69 Å². The zero-order chi connectivity index (χ0) is 21.0. The summed E-state index contributed by atoms with van der Waals surface area (Å²) in [6.07, 6.45) is 0. The topological polar surface area (TPSA) is 75.7 Å². The van der Waals surface area contributed by atoms with Crippen molar-refractivity contribution < 1.29 is 17.9 Å². The van der Waals surface area contributed by atoms with Crippen LogP contribution in [0.3, 0.4) is 0 Å². The lowest BCUT2D eigenvalue weighted by molar-refractivity contribution is 0.102. The molecule has 0 spiro atoms. The van der Waals surface area contributed by atoms with Crippen molar-refractivity contribution in [1.82, 2.24) is 4.31 Å². The molecule has 0 fully saturated rings. The third-order valence-corrected chi connectivity index (χ3v) is 6.88. The van der Waals surface area contributed by atoms with Gasteiger partial charge in [-0.15, -0.1) is 0 Å². The van der Waals surface area contributed by atoms with Gasteiger partial charge in [0.2, 0.25) is 10.0 Å². The molecule has 0 saturated heterocycles. The maximum atomic E-state index is 12.7. The number of fused-ring (bicyclic) bond motifs is 1. The molecule has 3 aromatic rings. The predicted octanol–water partition coefficient (Wildman–Crippen LogP) is 4.13. The first-order valence-corrected chi connectivity index (χ1v) is 10.8. The summed E-state index contributed by atoms with van der Waals surface area (Å²) in [4.78, 5) is 12.9. The monoisotopic (exact) mass is 412 g/mol. The first kappa shape index (κ1) is 20.8. The van der Waals surface area contributed by atoms with Crippen molar-refractivity contribution in [3.63, 3.8) is 0 Å². The second-order valence-corrected chi connectivity index (χ2v) is 8.37. The van der Waals surface area contributed by atoms with E-state index in [0.29, 0.717) is 24.3 Å². The number of carbonyl (C=O) groups is 1. The number of ether oxygens (including phenoxy) is 1. The van der Waals surface area contributed by atoms with Crippen LogP contribution in [0.2, 0.25) is 0 Å². The summed E-state index contributed by atoms with van der Waals surface area (Å²) in [5.41, 5.74) is 1.04. The van der Waals surface area contributed by atoms with E-state index < -0.39 is 10.0 Å².